The molecule has 204 valence electrons. The highest BCUT2D eigenvalue weighted by molar-refractivity contribution is 7.07. The van der Waals surface area contributed by atoms with Gasteiger partial charge in [0.2, 0.25) is 6.79 Å². The summed E-state index contributed by atoms with van der Waals surface area (Å²) in [4.78, 5) is 48.2. The van der Waals surface area contributed by atoms with Crippen LogP contribution in [-0.4, -0.2) is 36.9 Å². The van der Waals surface area contributed by atoms with E-state index in [0.29, 0.717) is 44.3 Å². The molecule has 3 aliphatic rings. The maximum absolute atomic E-state index is 14.3. The number of hydrogen-bond donors (Lipinski definition) is 0. The van der Waals surface area contributed by atoms with Crippen LogP contribution in [0.5, 0.6) is 11.5 Å². The van der Waals surface area contributed by atoms with Crippen LogP contribution < -0.4 is 29.3 Å². The predicted molar refractivity (Wildman–Crippen MR) is 152 cm³/mol. The third-order valence-electron chi connectivity index (χ3n) is 7.34. The van der Waals surface area contributed by atoms with E-state index in [9.17, 15) is 14.4 Å². The minimum absolute atomic E-state index is 0.0791. The van der Waals surface area contributed by atoms with Gasteiger partial charge in [0.25, 0.3) is 11.5 Å². The van der Waals surface area contributed by atoms with Crippen LogP contribution in [0.1, 0.15) is 29.7 Å². The fraction of sp³-hybridized carbons (Fsp3) is 0.161. The number of hydrogen-bond acceptors (Lipinski definition) is 8. The molecule has 0 spiro atoms. The lowest BCUT2D eigenvalue weighted by molar-refractivity contribution is -0.138. The summed E-state index contributed by atoms with van der Waals surface area (Å²) in [6.07, 6.45) is 0. The second-order valence-electron chi connectivity index (χ2n) is 9.62. The van der Waals surface area contributed by atoms with Gasteiger partial charge in [-0.1, -0.05) is 65.9 Å². The summed E-state index contributed by atoms with van der Waals surface area (Å²) in [5.41, 5.74) is 3.24. The number of para-hydroxylation sites is 1. The molecule has 0 aliphatic carbocycles. The number of carbonyl (C=O) groups is 2. The smallest absolute Gasteiger partial charge is 0.338 e. The lowest BCUT2D eigenvalue weighted by Crippen LogP contribution is -2.40. The average Bonchev–Trinajstić information content (AvgIpc) is 3.67. The largest absolute Gasteiger partial charge is 0.463 e. The van der Waals surface area contributed by atoms with Gasteiger partial charge in [0.1, 0.15) is 4.53 Å². The summed E-state index contributed by atoms with van der Waals surface area (Å²) >= 11 is 1.14. The van der Waals surface area contributed by atoms with E-state index >= 15 is 0 Å². The fourth-order valence-corrected chi connectivity index (χ4v) is 6.57. The third-order valence-corrected chi connectivity index (χ3v) is 8.40. The molecule has 9 nitrogen and oxygen atoms in total. The minimum atomic E-state index is -0.895. The molecule has 0 fully saturated rings. The van der Waals surface area contributed by atoms with Crippen LogP contribution in [-0.2, 0) is 14.3 Å². The molecule has 1 atom stereocenters. The topological polar surface area (TPSA) is 99.4 Å². The summed E-state index contributed by atoms with van der Waals surface area (Å²) in [7, 11) is 1.69. The zero-order chi connectivity index (χ0) is 28.2. The molecule has 0 saturated heterocycles. The van der Waals surface area contributed by atoms with Crippen LogP contribution in [0.4, 0.5) is 5.69 Å². The molecule has 1 amide bonds. The second kappa shape index (κ2) is 9.60. The number of anilines is 1. The van der Waals surface area contributed by atoms with E-state index in [2.05, 4.69) is 0 Å². The van der Waals surface area contributed by atoms with Crippen molar-refractivity contribution in [3.05, 3.63) is 115 Å². The standard InChI is InChI=1S/C31H23N3O6S/c1-3-38-30(37)24-25(17-9-5-4-6-10-17)32-31-34(26(24)18-13-14-21-22(15-18)40-16-39-21)29(36)27(41-31)23-19-11-7-8-12-20(19)33(2)28(23)35/h4-15,26H,3,16H2,1-2H3/b27-23-/t26-/m1/s1. The van der Waals surface area contributed by atoms with Crippen LogP contribution in [0.15, 0.2) is 88.2 Å². The van der Waals surface area contributed by atoms with E-state index in [4.69, 9.17) is 19.2 Å². The molecule has 0 radical (unpaired) electrons. The van der Waals surface area contributed by atoms with E-state index < -0.39 is 17.6 Å². The normalized spacial score (nSPS) is 18.2. The zero-order valence-electron chi connectivity index (χ0n) is 22.1. The lowest BCUT2D eigenvalue weighted by Gasteiger charge is -2.26. The number of aromatic nitrogens is 1. The number of thiazole rings is 1. The Balaban J connectivity index is 1.57. The number of amides is 1. The van der Waals surface area contributed by atoms with E-state index in [1.807, 2.05) is 54.6 Å². The summed E-state index contributed by atoms with van der Waals surface area (Å²) in [5.74, 6) is 0.224. The van der Waals surface area contributed by atoms with Gasteiger partial charge in [-0.15, -0.1) is 0 Å². The first-order valence-electron chi connectivity index (χ1n) is 13.1. The molecule has 3 aliphatic heterocycles. The average molecular weight is 566 g/mol. The minimum Gasteiger partial charge on any atom is -0.463 e. The molecular formula is C31H23N3O6S. The van der Waals surface area contributed by atoms with Crippen molar-refractivity contribution in [1.29, 1.82) is 0 Å². The Labute approximate surface area is 237 Å². The molecule has 3 aromatic carbocycles. The molecule has 4 heterocycles. The highest BCUT2D eigenvalue weighted by Crippen LogP contribution is 2.40. The van der Waals surface area contributed by atoms with Gasteiger partial charge in [-0.05, 0) is 30.7 Å². The van der Waals surface area contributed by atoms with Crippen LogP contribution in [0.2, 0.25) is 0 Å². The van der Waals surface area contributed by atoms with Crippen molar-refractivity contribution in [2.45, 2.75) is 13.0 Å². The van der Waals surface area contributed by atoms with Gasteiger partial charge in [0, 0.05) is 18.2 Å². The molecule has 0 N–H and O–H groups in total. The van der Waals surface area contributed by atoms with Crippen LogP contribution in [0, 0.1) is 0 Å². The van der Waals surface area contributed by atoms with Crippen LogP contribution >= 0.6 is 11.3 Å². The van der Waals surface area contributed by atoms with Crippen LogP contribution in [0.25, 0.3) is 11.3 Å². The number of esters is 1. The van der Waals surface area contributed by atoms with Gasteiger partial charge in [0.15, 0.2) is 16.3 Å². The summed E-state index contributed by atoms with van der Waals surface area (Å²) in [6, 6.07) is 21.1. The Hall–Kier alpha value is -4.96. The Morgan fingerprint density at radius 1 is 1.02 bits per heavy atom. The summed E-state index contributed by atoms with van der Waals surface area (Å²) in [6.45, 7) is 1.95. The predicted octanol–water partition coefficient (Wildman–Crippen LogP) is 3.01. The van der Waals surface area contributed by atoms with Gasteiger partial charge in [-0.2, -0.15) is 0 Å². The van der Waals surface area contributed by atoms with Crippen molar-refractivity contribution in [3.8, 4) is 11.5 Å². The molecule has 0 unspecified atom stereocenters. The monoisotopic (exact) mass is 565 g/mol. The Morgan fingerprint density at radius 3 is 2.59 bits per heavy atom. The van der Waals surface area contributed by atoms with Crippen molar-refractivity contribution in [2.24, 2.45) is 4.99 Å². The van der Waals surface area contributed by atoms with Gasteiger partial charge < -0.3 is 19.1 Å². The van der Waals surface area contributed by atoms with Crippen LogP contribution in [0.3, 0.4) is 0 Å². The molecule has 0 saturated carbocycles. The SMILES string of the molecule is CCOC(=O)C1=C(c2ccccc2)N=c2s/c(=C3\C(=O)N(C)c4ccccc43)c(=O)n2[C@@H]1c1ccc2c(c1)OCO2. The van der Waals surface area contributed by atoms with Crippen molar-refractivity contribution >= 4 is 40.2 Å². The molecular weight excluding hydrogens is 542 g/mol. The van der Waals surface area contributed by atoms with E-state index in [0.717, 1.165) is 17.0 Å². The Kier molecular flexibility index (Phi) is 5.86. The lowest BCUT2D eigenvalue weighted by atomic mass is 9.93. The highest BCUT2D eigenvalue weighted by Gasteiger charge is 2.38. The van der Waals surface area contributed by atoms with Gasteiger partial charge in [-0.3, -0.25) is 14.2 Å². The maximum Gasteiger partial charge on any atom is 0.338 e. The van der Waals surface area contributed by atoms with Gasteiger partial charge >= 0.3 is 5.97 Å². The molecule has 10 heteroatoms. The molecule has 0 bridgehead atoms. The van der Waals surface area contributed by atoms with Gasteiger partial charge in [0.05, 0.1) is 35.2 Å². The van der Waals surface area contributed by atoms with Crippen molar-refractivity contribution in [3.63, 3.8) is 0 Å². The Morgan fingerprint density at radius 2 is 1.78 bits per heavy atom. The third kappa shape index (κ3) is 3.82. The van der Waals surface area contributed by atoms with Crippen molar-refractivity contribution < 1.29 is 23.8 Å². The maximum atomic E-state index is 14.3. The number of carbonyl (C=O) groups excluding carboxylic acids is 2. The molecule has 1 aromatic heterocycles. The zero-order valence-corrected chi connectivity index (χ0v) is 22.9. The summed E-state index contributed by atoms with van der Waals surface area (Å²) in [5, 5.41) is 0. The fourth-order valence-electron chi connectivity index (χ4n) is 5.48. The highest BCUT2D eigenvalue weighted by atomic mass is 32.1. The van der Waals surface area contributed by atoms with E-state index in [-0.39, 0.29) is 29.4 Å². The quantitative estimate of drug-likeness (QED) is 0.353. The first kappa shape index (κ1) is 25.0. The first-order chi connectivity index (χ1) is 20.0. The molecule has 41 heavy (non-hydrogen) atoms. The first-order valence-corrected chi connectivity index (χ1v) is 13.9. The number of benzene rings is 3. The van der Waals surface area contributed by atoms with E-state index in [1.54, 1.807) is 32.2 Å². The number of rotatable bonds is 4. The number of ether oxygens (including phenoxy) is 3. The van der Waals surface area contributed by atoms with E-state index in [1.165, 1.54) is 9.47 Å². The number of fused-ring (bicyclic) bond motifs is 3. The number of nitrogens with zero attached hydrogens (tertiary/aromatic N) is 3. The second-order valence-corrected chi connectivity index (χ2v) is 10.6. The molecule has 4 aromatic rings. The van der Waals surface area contributed by atoms with Crippen molar-refractivity contribution in [1.82, 2.24) is 4.57 Å². The summed E-state index contributed by atoms with van der Waals surface area (Å²) < 4.78 is 18.4. The van der Waals surface area contributed by atoms with Crippen molar-refractivity contribution in [2.75, 3.05) is 25.3 Å². The molecule has 7 rings (SSSR count). The Bertz CT molecular complexity index is 1970. The number of likely N-dealkylation sites (N-methyl/N-ethyl adjacent to an activating group) is 1. The van der Waals surface area contributed by atoms with Gasteiger partial charge in [-0.25, -0.2) is 9.79 Å².